The van der Waals surface area contributed by atoms with Crippen LogP contribution in [0.5, 0.6) is 0 Å². The Balaban J connectivity index is 2.58. The van der Waals surface area contributed by atoms with Gasteiger partial charge in [-0.1, -0.05) is 5.21 Å². The van der Waals surface area contributed by atoms with Gasteiger partial charge in [0.1, 0.15) is 0 Å². The number of nitrogens with two attached hydrogens (primary N) is 1. The third-order valence-electron chi connectivity index (χ3n) is 2.17. The first-order chi connectivity index (χ1) is 6.65. The van der Waals surface area contributed by atoms with Crippen molar-refractivity contribution in [3.05, 3.63) is 11.9 Å². The van der Waals surface area contributed by atoms with Crippen molar-refractivity contribution < 1.29 is 0 Å². The molecule has 0 bridgehead atoms. The first kappa shape index (κ1) is 11.1. The number of nitrogens with zero attached hydrogens (tertiary/aromatic N) is 4. The van der Waals surface area contributed by atoms with Crippen LogP contribution in [0.15, 0.2) is 6.20 Å². The van der Waals surface area contributed by atoms with Gasteiger partial charge in [-0.15, -0.1) is 5.10 Å². The quantitative estimate of drug-likeness (QED) is 0.482. The normalized spacial score (nSPS) is 13.5. The molecule has 0 saturated carbocycles. The molecule has 0 amide bonds. The summed E-state index contributed by atoms with van der Waals surface area (Å²) in [6, 6.07) is 0.109. The van der Waals surface area contributed by atoms with Crippen LogP contribution in [0.3, 0.4) is 0 Å². The molecule has 1 aromatic rings. The summed E-state index contributed by atoms with van der Waals surface area (Å²) in [4.78, 5) is 2.12. The molecule has 1 rings (SSSR count). The Morgan fingerprint density at radius 3 is 2.79 bits per heavy atom. The summed E-state index contributed by atoms with van der Waals surface area (Å²) in [6.07, 6.45) is 2.67. The zero-order valence-electron chi connectivity index (χ0n) is 8.94. The minimum absolute atomic E-state index is 0.109. The molecular formula is C8H18N6. The van der Waals surface area contributed by atoms with Crippen LogP contribution in [0, 0.1) is 0 Å². The van der Waals surface area contributed by atoms with Gasteiger partial charge >= 0.3 is 0 Å². The Hall–Kier alpha value is -0.980. The average molecular weight is 198 g/mol. The van der Waals surface area contributed by atoms with E-state index in [0.717, 1.165) is 18.7 Å². The van der Waals surface area contributed by atoms with Gasteiger partial charge in [-0.05, 0) is 27.1 Å². The lowest BCUT2D eigenvalue weighted by Gasteiger charge is -2.17. The molecule has 6 heteroatoms. The third kappa shape index (κ3) is 2.76. The van der Waals surface area contributed by atoms with Crippen molar-refractivity contribution in [3.8, 4) is 0 Å². The minimum Gasteiger partial charge on any atom is -0.309 e. The molecular weight excluding hydrogens is 180 g/mol. The van der Waals surface area contributed by atoms with Gasteiger partial charge in [0.05, 0.1) is 17.9 Å². The molecule has 1 heterocycles. The van der Waals surface area contributed by atoms with E-state index in [1.165, 1.54) is 0 Å². The van der Waals surface area contributed by atoms with Gasteiger partial charge in [-0.2, -0.15) is 0 Å². The predicted octanol–water partition coefficient (Wildman–Crippen LogP) is -0.729. The van der Waals surface area contributed by atoms with Crippen molar-refractivity contribution in [2.24, 2.45) is 12.9 Å². The molecule has 80 valence electrons. The van der Waals surface area contributed by atoms with Crippen molar-refractivity contribution in [1.29, 1.82) is 0 Å². The number of hydrogen-bond acceptors (Lipinski definition) is 5. The molecule has 0 aliphatic rings. The Labute approximate surface area is 84.0 Å². The van der Waals surface area contributed by atoms with Gasteiger partial charge in [0.25, 0.3) is 0 Å². The number of rotatable bonds is 5. The average Bonchev–Trinajstić information content (AvgIpc) is 2.53. The second-order valence-corrected chi connectivity index (χ2v) is 3.59. The summed E-state index contributed by atoms with van der Waals surface area (Å²) in [5, 5.41) is 7.69. The van der Waals surface area contributed by atoms with Crippen molar-refractivity contribution in [2.45, 2.75) is 12.5 Å². The van der Waals surface area contributed by atoms with Gasteiger partial charge in [0, 0.05) is 7.05 Å². The summed E-state index contributed by atoms with van der Waals surface area (Å²) in [5.74, 6) is 5.48. The van der Waals surface area contributed by atoms with E-state index in [1.807, 2.05) is 21.1 Å². The van der Waals surface area contributed by atoms with E-state index in [0.29, 0.717) is 0 Å². The van der Waals surface area contributed by atoms with Crippen molar-refractivity contribution in [2.75, 3.05) is 20.6 Å². The van der Waals surface area contributed by atoms with Crippen molar-refractivity contribution in [3.63, 3.8) is 0 Å². The highest BCUT2D eigenvalue weighted by atomic mass is 15.4. The molecule has 0 radical (unpaired) electrons. The molecule has 14 heavy (non-hydrogen) atoms. The monoisotopic (exact) mass is 198 g/mol. The van der Waals surface area contributed by atoms with Crippen LogP contribution in [-0.4, -0.2) is 40.5 Å². The van der Waals surface area contributed by atoms with Crippen LogP contribution < -0.4 is 11.3 Å². The Kier molecular flexibility index (Phi) is 3.99. The van der Waals surface area contributed by atoms with Crippen LogP contribution in [-0.2, 0) is 7.05 Å². The predicted molar refractivity (Wildman–Crippen MR) is 54.2 cm³/mol. The fraction of sp³-hybridized carbons (Fsp3) is 0.750. The largest absolute Gasteiger partial charge is 0.309 e. The van der Waals surface area contributed by atoms with Crippen LogP contribution in [0.25, 0.3) is 0 Å². The minimum atomic E-state index is 0.109. The van der Waals surface area contributed by atoms with Crippen LogP contribution in [0.4, 0.5) is 0 Å². The molecule has 6 nitrogen and oxygen atoms in total. The van der Waals surface area contributed by atoms with Crippen LogP contribution in [0.1, 0.15) is 18.2 Å². The summed E-state index contributed by atoms with van der Waals surface area (Å²) in [5.41, 5.74) is 3.78. The van der Waals surface area contributed by atoms with E-state index in [-0.39, 0.29) is 6.04 Å². The van der Waals surface area contributed by atoms with Crippen LogP contribution in [0.2, 0.25) is 0 Å². The fourth-order valence-corrected chi connectivity index (χ4v) is 1.32. The van der Waals surface area contributed by atoms with Gasteiger partial charge in [0.2, 0.25) is 0 Å². The number of aryl methyl sites for hydroxylation is 1. The van der Waals surface area contributed by atoms with Gasteiger partial charge < -0.3 is 4.90 Å². The zero-order valence-corrected chi connectivity index (χ0v) is 8.94. The van der Waals surface area contributed by atoms with Crippen LogP contribution >= 0.6 is 0 Å². The standard InChI is InChI=1S/C8H18N6/c1-13(2)5-4-7(11-9)8-6-10-12-14(8)3/h6-7,11H,4-5,9H2,1-3H3. The number of hydrogen-bond donors (Lipinski definition) is 2. The molecule has 1 atom stereocenters. The molecule has 0 aliphatic carbocycles. The fourth-order valence-electron chi connectivity index (χ4n) is 1.32. The zero-order chi connectivity index (χ0) is 10.6. The highest BCUT2D eigenvalue weighted by molar-refractivity contribution is 5.01. The van der Waals surface area contributed by atoms with E-state index in [2.05, 4.69) is 20.6 Å². The molecule has 3 N–H and O–H groups in total. The lowest BCUT2D eigenvalue weighted by Crippen LogP contribution is -2.32. The highest BCUT2D eigenvalue weighted by Crippen LogP contribution is 2.13. The number of hydrazine groups is 1. The van der Waals surface area contributed by atoms with E-state index in [4.69, 9.17) is 5.84 Å². The molecule has 0 fully saturated rings. The van der Waals surface area contributed by atoms with Gasteiger partial charge in [-0.25, -0.2) is 0 Å². The molecule has 0 aliphatic heterocycles. The van der Waals surface area contributed by atoms with E-state index in [1.54, 1.807) is 10.9 Å². The molecule has 0 aromatic carbocycles. The van der Waals surface area contributed by atoms with E-state index in [9.17, 15) is 0 Å². The summed E-state index contributed by atoms with van der Waals surface area (Å²) < 4.78 is 1.74. The third-order valence-corrected chi connectivity index (χ3v) is 2.17. The number of aromatic nitrogens is 3. The Morgan fingerprint density at radius 2 is 2.36 bits per heavy atom. The smallest absolute Gasteiger partial charge is 0.0767 e. The summed E-state index contributed by atoms with van der Waals surface area (Å²) in [6.45, 7) is 0.972. The highest BCUT2D eigenvalue weighted by Gasteiger charge is 2.13. The van der Waals surface area contributed by atoms with E-state index < -0.39 is 0 Å². The SMILES string of the molecule is CN(C)CCC(NN)c1cnnn1C. The second kappa shape index (κ2) is 5.04. The summed E-state index contributed by atoms with van der Waals surface area (Å²) in [7, 11) is 5.94. The molecule has 1 unspecified atom stereocenters. The molecule has 0 saturated heterocycles. The first-order valence-electron chi connectivity index (χ1n) is 4.60. The van der Waals surface area contributed by atoms with Crippen molar-refractivity contribution in [1.82, 2.24) is 25.3 Å². The molecule has 1 aromatic heterocycles. The van der Waals surface area contributed by atoms with Gasteiger partial charge in [0.15, 0.2) is 0 Å². The van der Waals surface area contributed by atoms with Gasteiger partial charge in [-0.3, -0.25) is 16.0 Å². The topological polar surface area (TPSA) is 72.0 Å². The maximum Gasteiger partial charge on any atom is 0.0767 e. The first-order valence-corrected chi connectivity index (χ1v) is 4.60. The summed E-state index contributed by atoms with van der Waals surface area (Å²) >= 11 is 0. The maximum atomic E-state index is 5.48. The number of nitrogens with one attached hydrogen (secondary N) is 1. The van der Waals surface area contributed by atoms with Crippen molar-refractivity contribution >= 4 is 0 Å². The maximum absolute atomic E-state index is 5.48. The Morgan fingerprint density at radius 1 is 1.64 bits per heavy atom. The second-order valence-electron chi connectivity index (χ2n) is 3.59. The molecule has 0 spiro atoms. The Bertz CT molecular complexity index is 269. The lowest BCUT2D eigenvalue weighted by atomic mass is 10.1. The van der Waals surface area contributed by atoms with E-state index >= 15 is 0 Å². The lowest BCUT2D eigenvalue weighted by molar-refractivity contribution is 0.356.